The van der Waals surface area contributed by atoms with Crippen LogP contribution in [0.15, 0.2) is 30.3 Å². The van der Waals surface area contributed by atoms with Gasteiger partial charge in [-0.25, -0.2) is 9.18 Å². The summed E-state index contributed by atoms with van der Waals surface area (Å²) < 4.78 is 19.3. The largest absolute Gasteiger partial charge is 0.508 e. The van der Waals surface area contributed by atoms with E-state index >= 15 is 0 Å². The number of hydrogen-bond donors (Lipinski definition) is 3. The van der Waals surface area contributed by atoms with E-state index in [0.29, 0.717) is 17.2 Å². The van der Waals surface area contributed by atoms with Gasteiger partial charge in [-0.2, -0.15) is 0 Å². The summed E-state index contributed by atoms with van der Waals surface area (Å²) in [7, 11) is 1.51. The Morgan fingerprint density at radius 1 is 1.26 bits per heavy atom. The fraction of sp³-hybridized carbons (Fsp3) is 0.480. The molecular formula is C25H30FNO4. The van der Waals surface area contributed by atoms with Crippen LogP contribution < -0.4 is 10.1 Å². The lowest BCUT2D eigenvalue weighted by Crippen LogP contribution is -2.32. The molecule has 0 heterocycles. The summed E-state index contributed by atoms with van der Waals surface area (Å²) in [6, 6.07) is 7.15. The number of anilines is 1. The Morgan fingerprint density at radius 2 is 2.00 bits per heavy atom. The van der Waals surface area contributed by atoms with Crippen LogP contribution in [0.1, 0.15) is 67.4 Å². The van der Waals surface area contributed by atoms with Crippen LogP contribution in [-0.2, 0) is 6.54 Å². The number of carboxylic acids is 1. The average molecular weight is 428 g/mol. The molecule has 6 heteroatoms. The van der Waals surface area contributed by atoms with Gasteiger partial charge in [0.05, 0.1) is 7.11 Å². The Hall–Kier alpha value is -2.76. The van der Waals surface area contributed by atoms with Gasteiger partial charge in [-0.1, -0.05) is 20.8 Å². The molecule has 2 bridgehead atoms. The monoisotopic (exact) mass is 427 g/mol. The number of carbonyl (C=O) groups is 1. The summed E-state index contributed by atoms with van der Waals surface area (Å²) in [6.07, 6.45) is 3.24. The topological polar surface area (TPSA) is 78.8 Å². The number of halogens is 1. The molecule has 2 aromatic carbocycles. The van der Waals surface area contributed by atoms with Crippen LogP contribution in [0.2, 0.25) is 0 Å². The van der Waals surface area contributed by atoms with Crippen LogP contribution in [0.3, 0.4) is 0 Å². The molecule has 2 fully saturated rings. The van der Waals surface area contributed by atoms with Crippen molar-refractivity contribution in [2.45, 2.75) is 52.5 Å². The lowest BCUT2D eigenvalue weighted by atomic mass is 9.64. The van der Waals surface area contributed by atoms with Crippen LogP contribution in [0.5, 0.6) is 11.5 Å². The highest BCUT2D eigenvalue weighted by Gasteiger charge is 2.62. The molecule has 3 atom stereocenters. The number of nitrogens with one attached hydrogen (secondary N) is 1. The fourth-order valence-electron chi connectivity index (χ4n) is 6.01. The van der Waals surface area contributed by atoms with E-state index in [1.165, 1.54) is 31.7 Å². The number of aromatic carboxylic acids is 1. The summed E-state index contributed by atoms with van der Waals surface area (Å²) in [5.74, 6) is -0.343. The van der Waals surface area contributed by atoms with Crippen LogP contribution in [0.4, 0.5) is 10.1 Å². The number of phenolic OH excluding ortho intramolecular Hbond substituents is 1. The molecule has 0 amide bonds. The third-order valence-electron chi connectivity index (χ3n) is 8.28. The summed E-state index contributed by atoms with van der Waals surface area (Å²) >= 11 is 0. The normalized spacial score (nSPS) is 26.1. The fourth-order valence-corrected chi connectivity index (χ4v) is 6.01. The molecule has 31 heavy (non-hydrogen) atoms. The minimum absolute atomic E-state index is 0.0117. The molecule has 0 spiro atoms. The average Bonchev–Trinajstić information content (AvgIpc) is 3.06. The molecular weight excluding hydrogens is 397 g/mol. The van der Waals surface area contributed by atoms with Gasteiger partial charge in [-0.05, 0) is 72.3 Å². The van der Waals surface area contributed by atoms with Gasteiger partial charge in [0.15, 0.2) is 0 Å². The van der Waals surface area contributed by atoms with Crippen molar-refractivity contribution in [2.75, 3.05) is 12.4 Å². The number of ether oxygens (including phenoxy) is 1. The molecule has 5 nitrogen and oxygen atoms in total. The predicted molar refractivity (Wildman–Crippen MR) is 117 cm³/mol. The molecule has 2 aliphatic carbocycles. The maximum atomic E-state index is 13.7. The zero-order valence-electron chi connectivity index (χ0n) is 18.5. The van der Waals surface area contributed by atoms with Gasteiger partial charge in [0.25, 0.3) is 0 Å². The van der Waals surface area contributed by atoms with Crippen molar-refractivity contribution in [3.05, 3.63) is 52.8 Å². The Bertz CT molecular complexity index is 1030. The van der Waals surface area contributed by atoms with Crippen LogP contribution in [0, 0.1) is 22.6 Å². The van der Waals surface area contributed by atoms with Gasteiger partial charge in [0.2, 0.25) is 0 Å². The first kappa shape index (κ1) is 21.5. The van der Waals surface area contributed by atoms with Crippen molar-refractivity contribution < 1.29 is 24.1 Å². The molecule has 166 valence electrons. The van der Waals surface area contributed by atoms with Crippen molar-refractivity contribution in [3.63, 3.8) is 0 Å². The summed E-state index contributed by atoms with van der Waals surface area (Å²) in [6.45, 7) is 7.15. The van der Waals surface area contributed by atoms with Crippen LogP contribution in [-0.4, -0.2) is 23.3 Å². The first-order valence-corrected chi connectivity index (χ1v) is 10.8. The van der Waals surface area contributed by atoms with Crippen molar-refractivity contribution in [3.8, 4) is 11.5 Å². The predicted octanol–water partition coefficient (Wildman–Crippen LogP) is 5.78. The molecule has 2 aromatic rings. The maximum absolute atomic E-state index is 13.7. The van der Waals surface area contributed by atoms with E-state index < -0.39 is 11.8 Å². The number of aromatic hydroxyl groups is 1. The number of phenols is 1. The molecule has 0 radical (unpaired) electrons. The second-order valence-corrected chi connectivity index (χ2v) is 9.70. The first-order chi connectivity index (χ1) is 14.6. The first-order valence-electron chi connectivity index (χ1n) is 10.8. The van der Waals surface area contributed by atoms with E-state index in [9.17, 15) is 19.4 Å². The molecule has 0 aliphatic heterocycles. The maximum Gasteiger partial charge on any atom is 0.339 e. The summed E-state index contributed by atoms with van der Waals surface area (Å²) in [4.78, 5) is 11.9. The highest BCUT2D eigenvalue weighted by molar-refractivity contribution is 5.93. The Balaban J connectivity index is 1.79. The van der Waals surface area contributed by atoms with E-state index in [2.05, 4.69) is 26.1 Å². The number of hydrogen-bond acceptors (Lipinski definition) is 4. The molecule has 2 saturated carbocycles. The van der Waals surface area contributed by atoms with Gasteiger partial charge < -0.3 is 20.3 Å². The SMILES string of the molecule is COc1c(C(=O)O)ccc(NCc2cc(F)ccc2O)c1C1CC2CCC1(C)C2(C)C. The molecule has 0 aromatic heterocycles. The van der Waals surface area contributed by atoms with E-state index in [1.54, 1.807) is 12.1 Å². The van der Waals surface area contributed by atoms with Crippen LogP contribution in [0.25, 0.3) is 0 Å². The molecule has 3 unspecified atom stereocenters. The third kappa shape index (κ3) is 3.24. The highest BCUT2D eigenvalue weighted by Crippen LogP contribution is 2.72. The molecule has 4 rings (SSSR count). The Kier molecular flexibility index (Phi) is 5.15. The van der Waals surface area contributed by atoms with Crippen molar-refractivity contribution in [2.24, 2.45) is 16.7 Å². The van der Waals surface area contributed by atoms with Gasteiger partial charge in [0.1, 0.15) is 22.9 Å². The minimum atomic E-state index is -1.03. The standard InChI is InChI=1S/C25H30FNO4/c1-24(2)15-9-10-25(24,3)18(12-15)21-19(7-6-17(23(29)30)22(21)31-4)27-13-14-11-16(26)5-8-20(14)28/h5-8,11,15,18,27-28H,9-10,12-13H2,1-4H3,(H,29,30). The number of rotatable bonds is 6. The zero-order valence-corrected chi connectivity index (χ0v) is 18.5. The Labute approximate surface area is 182 Å². The molecule has 3 N–H and O–H groups in total. The van der Waals surface area contributed by atoms with E-state index in [0.717, 1.165) is 24.1 Å². The molecule has 2 aliphatic rings. The summed E-state index contributed by atoms with van der Waals surface area (Å²) in [5, 5.41) is 23.2. The zero-order chi connectivity index (χ0) is 22.6. The van der Waals surface area contributed by atoms with E-state index in [-0.39, 0.29) is 34.6 Å². The second-order valence-electron chi connectivity index (χ2n) is 9.70. The molecule has 0 saturated heterocycles. The second kappa shape index (κ2) is 7.43. The van der Waals surface area contributed by atoms with Gasteiger partial charge in [0, 0.05) is 23.4 Å². The highest BCUT2D eigenvalue weighted by atomic mass is 19.1. The van der Waals surface area contributed by atoms with Crippen molar-refractivity contribution in [1.82, 2.24) is 0 Å². The minimum Gasteiger partial charge on any atom is -0.508 e. The Morgan fingerprint density at radius 3 is 2.58 bits per heavy atom. The smallest absolute Gasteiger partial charge is 0.339 e. The number of methoxy groups -OCH3 is 1. The quantitative estimate of drug-likeness (QED) is 0.545. The number of fused-ring (bicyclic) bond motifs is 2. The van der Waals surface area contributed by atoms with Gasteiger partial charge >= 0.3 is 5.97 Å². The third-order valence-corrected chi connectivity index (χ3v) is 8.28. The number of carboxylic acid groups (broad SMARTS) is 1. The van der Waals surface area contributed by atoms with Crippen molar-refractivity contribution in [1.29, 1.82) is 0 Å². The summed E-state index contributed by atoms with van der Waals surface area (Å²) in [5.41, 5.74) is 2.36. The van der Waals surface area contributed by atoms with Crippen molar-refractivity contribution >= 4 is 11.7 Å². The lowest BCUT2D eigenvalue weighted by Gasteiger charge is -2.40. The number of benzene rings is 2. The van der Waals surface area contributed by atoms with Gasteiger partial charge in [-0.15, -0.1) is 0 Å². The lowest BCUT2D eigenvalue weighted by molar-refractivity contribution is 0.0692. The van der Waals surface area contributed by atoms with Crippen LogP contribution >= 0.6 is 0 Å². The van der Waals surface area contributed by atoms with Gasteiger partial charge in [-0.3, -0.25) is 0 Å². The van der Waals surface area contributed by atoms with E-state index in [1.807, 2.05) is 0 Å². The van der Waals surface area contributed by atoms with E-state index in [4.69, 9.17) is 4.74 Å².